The van der Waals surface area contributed by atoms with E-state index in [2.05, 4.69) is 0 Å². The minimum Gasteiger partial charge on any atom is -0.244 e. The summed E-state index contributed by atoms with van der Waals surface area (Å²) < 4.78 is 160. The van der Waals surface area contributed by atoms with Gasteiger partial charge in [-0.1, -0.05) is 0 Å². The van der Waals surface area contributed by atoms with Gasteiger partial charge in [0.1, 0.15) is 0 Å². The van der Waals surface area contributed by atoms with Crippen molar-refractivity contribution in [2.24, 2.45) is 0 Å². The molecule has 0 aromatic carbocycles. The average molecular weight is 347 g/mol. The van der Waals surface area contributed by atoms with Gasteiger partial charge in [0.05, 0.1) is 6.42 Å². The first-order chi connectivity index (χ1) is 8.98. The lowest BCUT2D eigenvalue weighted by Crippen LogP contribution is -2.67. The van der Waals surface area contributed by atoms with Gasteiger partial charge in [-0.15, -0.1) is 0 Å². The van der Waals surface area contributed by atoms with E-state index in [-0.39, 0.29) is 0 Å². The summed E-state index contributed by atoms with van der Waals surface area (Å²) in [7, 11) is 0. The fourth-order valence-electron chi connectivity index (χ4n) is 1.02. The first-order valence-electron chi connectivity index (χ1n) is 4.60. The molecule has 0 bridgehead atoms. The molecule has 0 saturated carbocycles. The molecule has 0 amide bonds. The van der Waals surface area contributed by atoms with Crippen LogP contribution in [0, 0.1) is 6.43 Å². The van der Waals surface area contributed by atoms with Crippen LogP contribution in [0.4, 0.5) is 57.1 Å². The topological polar surface area (TPSA) is 0 Å². The van der Waals surface area contributed by atoms with Crippen molar-refractivity contribution in [3.8, 4) is 0 Å². The van der Waals surface area contributed by atoms with Crippen LogP contribution >= 0.6 is 0 Å². The van der Waals surface area contributed by atoms with Crippen LogP contribution in [0.15, 0.2) is 0 Å². The Bertz CT molecular complexity index is 357. The van der Waals surface area contributed by atoms with Gasteiger partial charge in [-0.2, -0.15) is 52.7 Å². The van der Waals surface area contributed by atoms with Crippen molar-refractivity contribution in [1.29, 1.82) is 0 Å². The Kier molecular flexibility index (Phi) is 5.14. The van der Waals surface area contributed by atoms with Crippen molar-refractivity contribution >= 4 is 0 Å². The zero-order valence-corrected chi connectivity index (χ0v) is 9.33. The zero-order valence-electron chi connectivity index (χ0n) is 9.33. The maximum atomic E-state index is 12.7. The molecule has 0 unspecified atom stereocenters. The molecule has 0 spiro atoms. The molecule has 13 heteroatoms. The van der Waals surface area contributed by atoms with Gasteiger partial charge in [-0.25, -0.2) is 4.39 Å². The lowest BCUT2D eigenvalue weighted by Gasteiger charge is -2.38. The highest BCUT2D eigenvalue weighted by Gasteiger charge is 2.86. The summed E-state index contributed by atoms with van der Waals surface area (Å²) in [6.45, 7) is -3.57. The molecule has 0 aliphatic rings. The minimum absolute atomic E-state index is 3.37. The van der Waals surface area contributed by atoms with E-state index < -0.39 is 49.1 Å². The number of hydrogen-bond acceptors (Lipinski definition) is 0. The first-order valence-corrected chi connectivity index (χ1v) is 4.60. The normalized spacial score (nSPS) is 15.7. The highest BCUT2D eigenvalue weighted by Crippen LogP contribution is 2.58. The van der Waals surface area contributed by atoms with Crippen molar-refractivity contribution in [3.63, 3.8) is 0 Å². The SMILES string of the molecule is FCC(F)(F)C(F)(F)C(F)(F)C(F)(F)C(F)(F)C[C](F)F. The highest BCUT2D eigenvalue weighted by molar-refractivity contribution is 5.09. The minimum atomic E-state index is -7.51. The van der Waals surface area contributed by atoms with Crippen molar-refractivity contribution in [2.45, 2.75) is 36.0 Å². The van der Waals surface area contributed by atoms with Crippen LogP contribution in [-0.2, 0) is 0 Å². The molecule has 21 heavy (non-hydrogen) atoms. The Hall–Kier alpha value is -0.910. The molecule has 127 valence electrons. The fraction of sp³-hybridized carbons (Fsp3) is 0.875. The maximum Gasteiger partial charge on any atom is 0.384 e. The second-order valence-electron chi connectivity index (χ2n) is 3.78. The number of hydrogen-bond donors (Lipinski definition) is 0. The number of rotatable bonds is 7. The van der Waals surface area contributed by atoms with Crippen LogP contribution in [0.2, 0.25) is 0 Å². The van der Waals surface area contributed by atoms with Crippen LogP contribution < -0.4 is 0 Å². The van der Waals surface area contributed by atoms with E-state index in [1.165, 1.54) is 0 Å². The fourth-order valence-corrected chi connectivity index (χ4v) is 1.02. The Morgan fingerprint density at radius 2 is 0.905 bits per heavy atom. The smallest absolute Gasteiger partial charge is 0.244 e. The lowest BCUT2D eigenvalue weighted by atomic mass is 9.93. The van der Waals surface area contributed by atoms with Gasteiger partial charge in [-0.3, -0.25) is 0 Å². The molecule has 0 N–H and O–H groups in total. The molecule has 0 aromatic heterocycles. The summed E-state index contributed by atoms with van der Waals surface area (Å²) in [6, 6.07) is 0. The molecule has 0 atom stereocenters. The summed E-state index contributed by atoms with van der Waals surface area (Å²) in [5, 5.41) is 0. The van der Waals surface area contributed by atoms with Gasteiger partial charge in [0.25, 0.3) is 0 Å². The molecule has 0 heterocycles. The van der Waals surface area contributed by atoms with E-state index >= 15 is 0 Å². The molecule has 0 aliphatic carbocycles. The summed E-state index contributed by atoms with van der Waals surface area (Å²) in [5.41, 5.74) is 0. The van der Waals surface area contributed by atoms with Crippen LogP contribution in [-0.4, -0.2) is 36.3 Å². The molecule has 0 aromatic rings. The molecular formula is C8H4F13. The van der Waals surface area contributed by atoms with E-state index in [0.717, 1.165) is 0 Å². The molecular weight excluding hydrogens is 343 g/mol. The van der Waals surface area contributed by atoms with Crippen LogP contribution in [0.3, 0.4) is 0 Å². The summed E-state index contributed by atoms with van der Waals surface area (Å²) in [5.74, 6) is -35.0. The van der Waals surface area contributed by atoms with E-state index in [9.17, 15) is 57.1 Å². The van der Waals surface area contributed by atoms with Crippen LogP contribution in [0.1, 0.15) is 6.42 Å². The maximum absolute atomic E-state index is 12.7. The molecule has 0 nitrogen and oxygen atoms in total. The van der Waals surface area contributed by atoms with E-state index in [4.69, 9.17) is 0 Å². The van der Waals surface area contributed by atoms with Gasteiger partial charge >= 0.3 is 36.0 Å². The molecule has 0 aliphatic heterocycles. The van der Waals surface area contributed by atoms with Crippen molar-refractivity contribution in [3.05, 3.63) is 6.43 Å². The number of halogens is 13. The van der Waals surface area contributed by atoms with E-state index in [1.54, 1.807) is 0 Å². The first kappa shape index (κ1) is 20.1. The van der Waals surface area contributed by atoms with Gasteiger partial charge in [-0.05, 0) is 0 Å². The molecule has 0 saturated heterocycles. The zero-order chi connectivity index (χ0) is 17.5. The Morgan fingerprint density at radius 3 is 1.19 bits per heavy atom. The van der Waals surface area contributed by atoms with Crippen molar-refractivity contribution < 1.29 is 57.1 Å². The average Bonchev–Trinajstić information content (AvgIpc) is 2.26. The predicted octanol–water partition coefficient (Wildman–Crippen LogP) is 4.95. The lowest BCUT2D eigenvalue weighted by molar-refractivity contribution is -0.403. The van der Waals surface area contributed by atoms with E-state index in [0.29, 0.717) is 0 Å². The second kappa shape index (κ2) is 5.38. The monoisotopic (exact) mass is 347 g/mol. The van der Waals surface area contributed by atoms with Gasteiger partial charge < -0.3 is 0 Å². The van der Waals surface area contributed by atoms with Gasteiger partial charge in [0, 0.05) is 0 Å². The summed E-state index contributed by atoms with van der Waals surface area (Å²) in [4.78, 5) is 0. The van der Waals surface area contributed by atoms with Gasteiger partial charge in [0.2, 0.25) is 0 Å². The summed E-state index contributed by atoms with van der Waals surface area (Å²) in [6.07, 6.45) is -6.90. The van der Waals surface area contributed by atoms with Crippen molar-refractivity contribution in [1.82, 2.24) is 0 Å². The quantitative estimate of drug-likeness (QED) is 0.572. The van der Waals surface area contributed by atoms with Gasteiger partial charge in [0.15, 0.2) is 6.67 Å². The largest absolute Gasteiger partial charge is 0.384 e. The molecule has 0 rings (SSSR count). The standard InChI is InChI=1S/C8H4F13/c9-2-5(14,15)7(18,19)8(20,21)6(16,17)4(12,13)1-3(10)11/h1-2H2. The Morgan fingerprint density at radius 1 is 0.571 bits per heavy atom. The number of alkyl halides is 11. The third kappa shape index (κ3) is 3.00. The summed E-state index contributed by atoms with van der Waals surface area (Å²) >= 11 is 0. The second-order valence-corrected chi connectivity index (χ2v) is 3.78. The van der Waals surface area contributed by atoms with Crippen LogP contribution in [0.5, 0.6) is 0 Å². The van der Waals surface area contributed by atoms with Crippen LogP contribution in [0.25, 0.3) is 0 Å². The third-order valence-electron chi connectivity index (χ3n) is 2.23. The van der Waals surface area contributed by atoms with E-state index in [1.807, 2.05) is 0 Å². The highest BCUT2D eigenvalue weighted by atomic mass is 19.4. The third-order valence-corrected chi connectivity index (χ3v) is 2.23. The molecule has 1 radical (unpaired) electrons. The Labute approximate surface area is 107 Å². The molecule has 0 fully saturated rings. The predicted molar refractivity (Wildman–Crippen MR) is 40.8 cm³/mol. The van der Waals surface area contributed by atoms with Crippen molar-refractivity contribution in [2.75, 3.05) is 6.67 Å². The Balaban J connectivity index is 5.88.